The molecule has 0 unspecified atom stereocenters. The van der Waals surface area contributed by atoms with Crippen LogP contribution in [0, 0.1) is 11.2 Å². The van der Waals surface area contributed by atoms with Gasteiger partial charge in [0.25, 0.3) is 5.91 Å². The van der Waals surface area contributed by atoms with E-state index in [0.29, 0.717) is 16.7 Å². The quantitative estimate of drug-likeness (QED) is 0.920. The van der Waals surface area contributed by atoms with Crippen molar-refractivity contribution in [3.05, 3.63) is 48.0 Å². The molecule has 5 heteroatoms. The molecule has 1 aromatic carbocycles. The number of hydrogen-bond acceptors (Lipinski definition) is 3. The van der Waals surface area contributed by atoms with Crippen molar-refractivity contribution in [2.75, 3.05) is 26.2 Å². The van der Waals surface area contributed by atoms with Crippen LogP contribution >= 0.6 is 0 Å². The smallest absolute Gasteiger partial charge is 0.289 e. The summed E-state index contributed by atoms with van der Waals surface area (Å²) in [4.78, 5) is 14.5. The topological polar surface area (TPSA) is 45.5 Å². The maximum absolute atomic E-state index is 13.8. The number of nitrogens with zero attached hydrogens (tertiary/aromatic N) is 1. The van der Waals surface area contributed by atoms with Gasteiger partial charge < -0.3 is 14.6 Å². The molecule has 4 rings (SSSR count). The van der Waals surface area contributed by atoms with E-state index in [-0.39, 0.29) is 17.5 Å². The average Bonchev–Trinajstić information content (AvgIpc) is 3.26. The second-order valence-corrected chi connectivity index (χ2v) is 6.86. The van der Waals surface area contributed by atoms with E-state index in [4.69, 9.17) is 4.42 Å². The zero-order valence-electron chi connectivity index (χ0n) is 13.6. The normalized spacial score (nSPS) is 19.8. The van der Waals surface area contributed by atoms with E-state index in [1.54, 1.807) is 30.3 Å². The number of hydrogen-bond donors (Lipinski definition) is 1. The number of furan rings is 1. The third-order valence-electron chi connectivity index (χ3n) is 5.40. The molecule has 0 aliphatic carbocycles. The molecule has 0 bridgehead atoms. The van der Waals surface area contributed by atoms with Crippen LogP contribution in [-0.4, -0.2) is 37.0 Å². The Morgan fingerprint density at radius 2 is 1.92 bits per heavy atom. The van der Waals surface area contributed by atoms with Gasteiger partial charge in [-0.05, 0) is 55.5 Å². The maximum Gasteiger partial charge on any atom is 0.289 e. The van der Waals surface area contributed by atoms with Gasteiger partial charge in [-0.25, -0.2) is 4.39 Å². The fourth-order valence-electron chi connectivity index (χ4n) is 3.82. The van der Waals surface area contributed by atoms with Crippen LogP contribution in [-0.2, 0) is 0 Å². The first-order valence-electron chi connectivity index (χ1n) is 8.52. The Morgan fingerprint density at radius 1 is 1.12 bits per heavy atom. The summed E-state index contributed by atoms with van der Waals surface area (Å²) in [6.07, 6.45) is 3.27. The van der Waals surface area contributed by atoms with Gasteiger partial charge in [-0.3, -0.25) is 4.79 Å². The monoisotopic (exact) mass is 328 g/mol. The predicted octanol–water partition coefficient (Wildman–Crippen LogP) is 3.30. The lowest BCUT2D eigenvalue weighted by molar-refractivity contribution is 0.0578. The van der Waals surface area contributed by atoms with Crippen LogP contribution in [0.4, 0.5) is 4.39 Å². The molecule has 2 saturated heterocycles. The number of piperidine rings is 1. The van der Waals surface area contributed by atoms with Crippen molar-refractivity contribution in [2.24, 2.45) is 5.41 Å². The average molecular weight is 328 g/mol. The standard InChI is InChI=1S/C19H21FN2O2/c20-15-4-2-1-3-14(15)16-5-6-17(24-16)18(23)22-11-8-19(9-12-22)7-10-21-13-19/h1-6,21H,7-13H2. The molecule has 126 valence electrons. The molecule has 1 amide bonds. The van der Waals surface area contributed by atoms with E-state index in [9.17, 15) is 9.18 Å². The van der Waals surface area contributed by atoms with Crippen LogP contribution < -0.4 is 5.32 Å². The van der Waals surface area contributed by atoms with Gasteiger partial charge in [-0.15, -0.1) is 0 Å². The van der Waals surface area contributed by atoms with E-state index in [1.165, 1.54) is 12.5 Å². The van der Waals surface area contributed by atoms with Crippen molar-refractivity contribution >= 4 is 5.91 Å². The van der Waals surface area contributed by atoms with Crippen LogP contribution in [0.15, 0.2) is 40.8 Å². The number of rotatable bonds is 2. The fourth-order valence-corrected chi connectivity index (χ4v) is 3.82. The van der Waals surface area contributed by atoms with Crippen molar-refractivity contribution in [3.8, 4) is 11.3 Å². The maximum atomic E-state index is 13.8. The molecule has 1 spiro atoms. The molecule has 2 aromatic rings. The summed E-state index contributed by atoms with van der Waals surface area (Å²) in [6, 6.07) is 9.74. The zero-order valence-corrected chi connectivity index (χ0v) is 13.6. The SMILES string of the molecule is O=C(c1ccc(-c2ccccc2F)o1)N1CCC2(CCNC2)CC1. The summed E-state index contributed by atoms with van der Waals surface area (Å²) in [6.45, 7) is 3.66. The summed E-state index contributed by atoms with van der Waals surface area (Å²) < 4.78 is 19.5. The number of nitrogens with one attached hydrogen (secondary N) is 1. The van der Waals surface area contributed by atoms with Crippen molar-refractivity contribution in [1.82, 2.24) is 10.2 Å². The van der Waals surface area contributed by atoms with Crippen LogP contribution in [0.1, 0.15) is 29.8 Å². The van der Waals surface area contributed by atoms with Gasteiger partial charge in [-0.1, -0.05) is 12.1 Å². The van der Waals surface area contributed by atoms with Crippen molar-refractivity contribution in [2.45, 2.75) is 19.3 Å². The van der Waals surface area contributed by atoms with Crippen LogP contribution in [0.3, 0.4) is 0 Å². The Morgan fingerprint density at radius 3 is 2.62 bits per heavy atom. The van der Waals surface area contributed by atoms with Crippen molar-refractivity contribution < 1.29 is 13.6 Å². The van der Waals surface area contributed by atoms with Crippen LogP contribution in [0.5, 0.6) is 0 Å². The van der Waals surface area contributed by atoms with Gasteiger partial charge in [0, 0.05) is 19.6 Å². The van der Waals surface area contributed by atoms with E-state index >= 15 is 0 Å². The Balaban J connectivity index is 1.47. The Kier molecular flexibility index (Phi) is 3.88. The lowest BCUT2D eigenvalue weighted by Gasteiger charge is -2.38. The van der Waals surface area contributed by atoms with Crippen molar-refractivity contribution in [3.63, 3.8) is 0 Å². The molecule has 1 N–H and O–H groups in total. The molecule has 4 nitrogen and oxygen atoms in total. The fraction of sp³-hybridized carbons (Fsp3) is 0.421. The molecule has 0 saturated carbocycles. The number of carbonyl (C=O) groups excluding carboxylic acids is 1. The molecule has 3 heterocycles. The minimum absolute atomic E-state index is 0.0987. The summed E-state index contributed by atoms with van der Waals surface area (Å²) in [5.74, 6) is 0.233. The van der Waals surface area contributed by atoms with Crippen molar-refractivity contribution in [1.29, 1.82) is 0 Å². The number of benzene rings is 1. The summed E-state index contributed by atoms with van der Waals surface area (Å²) in [7, 11) is 0. The van der Waals surface area contributed by atoms with E-state index < -0.39 is 0 Å². The Labute approximate surface area is 140 Å². The predicted molar refractivity (Wildman–Crippen MR) is 89.2 cm³/mol. The van der Waals surface area contributed by atoms with E-state index in [2.05, 4.69) is 5.32 Å². The molecule has 0 atom stereocenters. The van der Waals surface area contributed by atoms with Crippen LogP contribution in [0.2, 0.25) is 0 Å². The highest BCUT2D eigenvalue weighted by molar-refractivity contribution is 5.92. The third-order valence-corrected chi connectivity index (χ3v) is 5.40. The molecule has 24 heavy (non-hydrogen) atoms. The largest absolute Gasteiger partial charge is 0.451 e. The molecule has 0 radical (unpaired) electrons. The molecular weight excluding hydrogens is 307 g/mol. The number of halogens is 1. The minimum Gasteiger partial charge on any atom is -0.451 e. The van der Waals surface area contributed by atoms with E-state index in [1.807, 2.05) is 4.90 Å². The minimum atomic E-state index is -0.348. The lowest BCUT2D eigenvalue weighted by atomic mass is 9.78. The third kappa shape index (κ3) is 2.73. The highest BCUT2D eigenvalue weighted by atomic mass is 19.1. The Hall–Kier alpha value is -2.14. The molecule has 2 aliphatic heterocycles. The number of likely N-dealkylation sites (tertiary alicyclic amines) is 1. The number of carbonyl (C=O) groups is 1. The first-order valence-corrected chi connectivity index (χ1v) is 8.52. The summed E-state index contributed by atoms with van der Waals surface area (Å²) in [5, 5.41) is 3.43. The highest BCUT2D eigenvalue weighted by Gasteiger charge is 2.38. The highest BCUT2D eigenvalue weighted by Crippen LogP contribution is 2.37. The summed E-state index contributed by atoms with van der Waals surface area (Å²) >= 11 is 0. The summed E-state index contributed by atoms with van der Waals surface area (Å²) in [5.41, 5.74) is 0.754. The number of amides is 1. The second-order valence-electron chi connectivity index (χ2n) is 6.86. The van der Waals surface area contributed by atoms with Gasteiger partial charge in [0.1, 0.15) is 11.6 Å². The molecule has 2 aliphatic rings. The van der Waals surface area contributed by atoms with Gasteiger partial charge in [-0.2, -0.15) is 0 Å². The van der Waals surface area contributed by atoms with Gasteiger partial charge in [0.2, 0.25) is 0 Å². The zero-order chi connectivity index (χ0) is 16.6. The first-order chi connectivity index (χ1) is 11.7. The van der Waals surface area contributed by atoms with E-state index in [0.717, 1.165) is 39.0 Å². The lowest BCUT2D eigenvalue weighted by Crippen LogP contribution is -2.43. The van der Waals surface area contributed by atoms with Gasteiger partial charge in [0.15, 0.2) is 5.76 Å². The molecule has 1 aromatic heterocycles. The van der Waals surface area contributed by atoms with Gasteiger partial charge >= 0.3 is 0 Å². The Bertz CT molecular complexity index is 739. The molecular formula is C19H21FN2O2. The molecule has 2 fully saturated rings. The second kappa shape index (κ2) is 6.06. The van der Waals surface area contributed by atoms with Crippen LogP contribution in [0.25, 0.3) is 11.3 Å². The van der Waals surface area contributed by atoms with Gasteiger partial charge in [0.05, 0.1) is 5.56 Å². The first kappa shape index (κ1) is 15.4.